The highest BCUT2D eigenvalue weighted by Crippen LogP contribution is 1.89. The summed E-state index contributed by atoms with van der Waals surface area (Å²) in [6.45, 7) is 2.29. The Labute approximate surface area is 82.7 Å². The lowest BCUT2D eigenvalue weighted by molar-refractivity contribution is -0.122. The topological polar surface area (TPSA) is 71.8 Å². The summed E-state index contributed by atoms with van der Waals surface area (Å²) in [5.41, 5.74) is 0. The zero-order valence-electron chi connectivity index (χ0n) is 8.61. The minimum absolute atomic E-state index is 0.0408. The van der Waals surface area contributed by atoms with Gasteiger partial charge in [0.2, 0.25) is 5.91 Å². The molecular formula is C8H15N5O. The predicted molar refractivity (Wildman–Crippen MR) is 51.4 cm³/mol. The molecule has 1 atom stereocenters. The normalized spacial score (nSPS) is 12.5. The van der Waals surface area contributed by atoms with E-state index < -0.39 is 0 Å². The summed E-state index contributed by atoms with van der Waals surface area (Å²) < 4.78 is 1.63. The van der Waals surface area contributed by atoms with Crippen LogP contribution in [0.15, 0.2) is 6.33 Å². The fourth-order valence-corrected chi connectivity index (χ4v) is 1.02. The first-order chi connectivity index (χ1) is 6.63. The summed E-state index contributed by atoms with van der Waals surface area (Å²) in [5, 5.41) is 9.65. The number of aromatic nitrogens is 3. The third-order valence-corrected chi connectivity index (χ3v) is 1.85. The Kier molecular flexibility index (Phi) is 3.58. The van der Waals surface area contributed by atoms with Crippen LogP contribution in [-0.4, -0.2) is 33.8 Å². The molecule has 1 rings (SSSR count). The fraction of sp³-hybridized carbons (Fsp3) is 0.625. The molecule has 6 nitrogen and oxygen atoms in total. The van der Waals surface area contributed by atoms with Crippen molar-refractivity contribution in [3.8, 4) is 0 Å². The second-order valence-electron chi connectivity index (χ2n) is 3.05. The molecule has 1 unspecified atom stereocenters. The van der Waals surface area contributed by atoms with Crippen LogP contribution in [0.4, 0.5) is 0 Å². The van der Waals surface area contributed by atoms with Crippen molar-refractivity contribution in [1.29, 1.82) is 0 Å². The highest BCUT2D eigenvalue weighted by atomic mass is 16.2. The third kappa shape index (κ3) is 2.81. The van der Waals surface area contributed by atoms with E-state index >= 15 is 0 Å². The number of nitrogens with zero attached hydrogens (tertiary/aromatic N) is 3. The maximum atomic E-state index is 11.1. The van der Waals surface area contributed by atoms with E-state index in [1.165, 1.54) is 0 Å². The lowest BCUT2D eigenvalue weighted by Crippen LogP contribution is -2.40. The number of rotatable bonds is 4. The van der Waals surface area contributed by atoms with Crippen LogP contribution in [0.3, 0.4) is 0 Å². The number of carbonyl (C=O) groups excluding carboxylic acids is 1. The SMILES string of the molecule is CNC(=O)C(C)NCc1ncn(C)n1. The van der Waals surface area contributed by atoms with Gasteiger partial charge >= 0.3 is 0 Å². The van der Waals surface area contributed by atoms with E-state index in [1.807, 2.05) is 0 Å². The summed E-state index contributed by atoms with van der Waals surface area (Å²) in [6.07, 6.45) is 1.63. The van der Waals surface area contributed by atoms with Crippen LogP contribution >= 0.6 is 0 Å². The molecule has 1 heterocycles. The van der Waals surface area contributed by atoms with Gasteiger partial charge in [-0.15, -0.1) is 0 Å². The van der Waals surface area contributed by atoms with E-state index in [1.54, 1.807) is 32.0 Å². The number of carbonyl (C=O) groups is 1. The number of amides is 1. The van der Waals surface area contributed by atoms with Crippen molar-refractivity contribution in [2.45, 2.75) is 19.5 Å². The van der Waals surface area contributed by atoms with E-state index in [0.29, 0.717) is 12.4 Å². The Balaban J connectivity index is 2.37. The van der Waals surface area contributed by atoms with Gasteiger partial charge in [0.05, 0.1) is 12.6 Å². The minimum Gasteiger partial charge on any atom is -0.358 e. The molecule has 6 heteroatoms. The van der Waals surface area contributed by atoms with Crippen LogP contribution in [0.1, 0.15) is 12.7 Å². The summed E-state index contributed by atoms with van der Waals surface area (Å²) in [5.74, 6) is 0.643. The van der Waals surface area contributed by atoms with Crippen LogP contribution in [0, 0.1) is 0 Å². The van der Waals surface area contributed by atoms with Crippen molar-refractivity contribution in [3.05, 3.63) is 12.2 Å². The average Bonchev–Trinajstić information content (AvgIpc) is 2.59. The van der Waals surface area contributed by atoms with Crippen molar-refractivity contribution in [2.24, 2.45) is 7.05 Å². The van der Waals surface area contributed by atoms with Crippen LogP contribution in [-0.2, 0) is 18.4 Å². The first-order valence-corrected chi connectivity index (χ1v) is 4.43. The first kappa shape index (κ1) is 10.6. The average molecular weight is 197 g/mol. The Morgan fingerprint density at radius 3 is 2.93 bits per heavy atom. The zero-order valence-corrected chi connectivity index (χ0v) is 8.61. The molecule has 14 heavy (non-hydrogen) atoms. The van der Waals surface area contributed by atoms with Gasteiger partial charge in [-0.25, -0.2) is 4.98 Å². The molecule has 1 amide bonds. The van der Waals surface area contributed by atoms with Crippen molar-refractivity contribution < 1.29 is 4.79 Å². The molecule has 1 aromatic heterocycles. The second kappa shape index (κ2) is 4.71. The molecular weight excluding hydrogens is 182 g/mol. The van der Waals surface area contributed by atoms with E-state index in [0.717, 1.165) is 0 Å². The van der Waals surface area contributed by atoms with Crippen molar-refractivity contribution >= 4 is 5.91 Å². The van der Waals surface area contributed by atoms with Gasteiger partial charge in [-0.3, -0.25) is 14.8 Å². The molecule has 0 aromatic carbocycles. The molecule has 0 bridgehead atoms. The Bertz CT molecular complexity index is 308. The molecule has 0 fully saturated rings. The van der Waals surface area contributed by atoms with E-state index in [-0.39, 0.29) is 11.9 Å². The number of hydrogen-bond donors (Lipinski definition) is 2. The van der Waals surface area contributed by atoms with Gasteiger partial charge in [0.1, 0.15) is 6.33 Å². The van der Waals surface area contributed by atoms with E-state index in [9.17, 15) is 4.79 Å². The molecule has 0 spiro atoms. The molecule has 2 N–H and O–H groups in total. The van der Waals surface area contributed by atoms with Gasteiger partial charge in [-0.2, -0.15) is 5.10 Å². The number of nitrogens with one attached hydrogen (secondary N) is 2. The lowest BCUT2D eigenvalue weighted by atomic mass is 10.3. The molecule has 0 aliphatic heterocycles. The molecule has 78 valence electrons. The zero-order chi connectivity index (χ0) is 10.6. The second-order valence-corrected chi connectivity index (χ2v) is 3.05. The third-order valence-electron chi connectivity index (χ3n) is 1.85. The van der Waals surface area contributed by atoms with E-state index in [2.05, 4.69) is 20.7 Å². The summed E-state index contributed by atoms with van der Waals surface area (Å²) in [7, 11) is 3.41. The van der Waals surface area contributed by atoms with Crippen LogP contribution in [0.25, 0.3) is 0 Å². The lowest BCUT2D eigenvalue weighted by Gasteiger charge is -2.09. The van der Waals surface area contributed by atoms with Crippen molar-refractivity contribution in [3.63, 3.8) is 0 Å². The smallest absolute Gasteiger partial charge is 0.236 e. The minimum atomic E-state index is -0.233. The van der Waals surface area contributed by atoms with Gasteiger partial charge in [0.25, 0.3) is 0 Å². The molecule has 0 radical (unpaired) electrons. The van der Waals surface area contributed by atoms with Crippen LogP contribution in [0.5, 0.6) is 0 Å². The van der Waals surface area contributed by atoms with Gasteiger partial charge in [0, 0.05) is 14.1 Å². The van der Waals surface area contributed by atoms with Gasteiger partial charge < -0.3 is 5.32 Å². The van der Waals surface area contributed by atoms with Gasteiger partial charge in [-0.1, -0.05) is 0 Å². The molecule has 0 aliphatic rings. The van der Waals surface area contributed by atoms with Crippen molar-refractivity contribution in [1.82, 2.24) is 25.4 Å². The number of hydrogen-bond acceptors (Lipinski definition) is 4. The Morgan fingerprint density at radius 1 is 1.71 bits per heavy atom. The van der Waals surface area contributed by atoms with Gasteiger partial charge in [-0.05, 0) is 6.92 Å². The molecule has 0 saturated carbocycles. The maximum absolute atomic E-state index is 11.1. The number of likely N-dealkylation sites (N-methyl/N-ethyl adjacent to an activating group) is 1. The van der Waals surface area contributed by atoms with Crippen LogP contribution in [0.2, 0.25) is 0 Å². The Morgan fingerprint density at radius 2 is 2.43 bits per heavy atom. The van der Waals surface area contributed by atoms with E-state index in [4.69, 9.17) is 0 Å². The van der Waals surface area contributed by atoms with Crippen molar-refractivity contribution in [2.75, 3.05) is 7.05 Å². The molecule has 0 aliphatic carbocycles. The monoisotopic (exact) mass is 197 g/mol. The summed E-state index contributed by atoms with van der Waals surface area (Å²) >= 11 is 0. The maximum Gasteiger partial charge on any atom is 0.236 e. The van der Waals surface area contributed by atoms with Crippen LogP contribution < -0.4 is 10.6 Å². The summed E-state index contributed by atoms with van der Waals surface area (Å²) in [4.78, 5) is 15.1. The summed E-state index contributed by atoms with van der Waals surface area (Å²) in [6, 6.07) is -0.233. The molecule has 1 aromatic rings. The largest absolute Gasteiger partial charge is 0.358 e. The predicted octanol–water partition coefficient (Wildman–Crippen LogP) is -0.961. The fourth-order valence-electron chi connectivity index (χ4n) is 1.02. The highest BCUT2D eigenvalue weighted by molar-refractivity contribution is 5.80. The first-order valence-electron chi connectivity index (χ1n) is 4.43. The Hall–Kier alpha value is -1.43. The molecule has 0 saturated heterocycles. The number of aryl methyl sites for hydroxylation is 1. The quantitative estimate of drug-likeness (QED) is 0.652. The highest BCUT2D eigenvalue weighted by Gasteiger charge is 2.10. The standard InChI is InChI=1S/C8H15N5O/c1-6(8(14)9-2)10-4-7-11-5-13(3)12-7/h5-6,10H,4H2,1-3H3,(H,9,14). The van der Waals surface area contributed by atoms with Gasteiger partial charge in [0.15, 0.2) is 5.82 Å².